The van der Waals surface area contributed by atoms with Gasteiger partial charge in [0.25, 0.3) is 0 Å². The highest BCUT2D eigenvalue weighted by Gasteiger charge is 2.10. The van der Waals surface area contributed by atoms with E-state index >= 15 is 0 Å². The second kappa shape index (κ2) is 4.35. The molecule has 16 heavy (non-hydrogen) atoms. The lowest BCUT2D eigenvalue weighted by Crippen LogP contribution is -2.10. The molecule has 88 valence electrons. The van der Waals surface area contributed by atoms with Crippen LogP contribution in [0.3, 0.4) is 0 Å². The maximum atomic E-state index is 11.4. The van der Waals surface area contributed by atoms with E-state index < -0.39 is 15.1 Å². The van der Waals surface area contributed by atoms with E-state index in [2.05, 4.69) is 4.83 Å². The molecule has 0 spiro atoms. The van der Waals surface area contributed by atoms with Crippen LogP contribution in [0.25, 0.3) is 4.83 Å². The summed E-state index contributed by atoms with van der Waals surface area (Å²) in [6.45, 7) is 0. The van der Waals surface area contributed by atoms with Crippen molar-refractivity contribution in [3.05, 3.63) is 39.2 Å². The third kappa shape index (κ3) is 2.83. The molecule has 1 aromatic rings. The quantitative estimate of drug-likeness (QED) is 0.581. The zero-order valence-corrected chi connectivity index (χ0v) is 9.51. The highest BCUT2D eigenvalue weighted by Crippen LogP contribution is 2.21. The van der Waals surface area contributed by atoms with Crippen molar-refractivity contribution >= 4 is 15.7 Å². The molecular weight excluding hydrogens is 234 g/mol. The molecule has 1 rings (SSSR count). The fraction of sp³-hybridized carbons (Fsp3) is 0.250. The molecule has 0 saturated heterocycles. The summed E-state index contributed by atoms with van der Waals surface area (Å²) in [5.74, 6) is 0. The lowest BCUT2D eigenvalue weighted by atomic mass is 10.3. The van der Waals surface area contributed by atoms with Gasteiger partial charge in [0.2, 0.25) is 0 Å². The van der Waals surface area contributed by atoms with Crippen LogP contribution < -0.4 is 4.90 Å². The molecule has 8 heteroatoms. The summed E-state index contributed by atoms with van der Waals surface area (Å²) in [7, 11) is -0.751. The van der Waals surface area contributed by atoms with Gasteiger partial charge in [-0.15, -0.1) is 0 Å². The zero-order chi connectivity index (χ0) is 12.3. The Hall–Kier alpha value is -1.83. The SMILES string of the molecule is CN(C)c1cccc(S(=O)(=O)[N-][N+](=O)[O-])c1. The summed E-state index contributed by atoms with van der Waals surface area (Å²) in [5, 5.41) is 8.83. The fourth-order valence-corrected chi connectivity index (χ4v) is 1.85. The third-order valence-corrected chi connectivity index (χ3v) is 3.00. The van der Waals surface area contributed by atoms with Crippen molar-refractivity contribution in [2.75, 3.05) is 19.0 Å². The molecule has 0 saturated carbocycles. The molecule has 0 aliphatic heterocycles. The van der Waals surface area contributed by atoms with Gasteiger partial charge in [-0.25, -0.2) is 8.42 Å². The minimum atomic E-state index is -4.22. The van der Waals surface area contributed by atoms with Gasteiger partial charge in [-0.1, -0.05) is 6.07 Å². The lowest BCUT2D eigenvalue weighted by Gasteiger charge is -2.15. The molecule has 0 aliphatic carbocycles. The van der Waals surface area contributed by atoms with Crippen LogP contribution in [-0.4, -0.2) is 27.5 Å². The van der Waals surface area contributed by atoms with Crippen LogP contribution in [0.2, 0.25) is 0 Å². The van der Waals surface area contributed by atoms with Crippen LogP contribution in [0.1, 0.15) is 0 Å². The van der Waals surface area contributed by atoms with Crippen LogP contribution in [0.15, 0.2) is 29.2 Å². The van der Waals surface area contributed by atoms with Crippen molar-refractivity contribution in [2.45, 2.75) is 4.90 Å². The predicted molar refractivity (Wildman–Crippen MR) is 58.3 cm³/mol. The van der Waals surface area contributed by atoms with E-state index in [-0.39, 0.29) is 4.90 Å². The molecular formula is C8H10N3O4S-. The van der Waals surface area contributed by atoms with Gasteiger partial charge in [-0.05, 0) is 23.2 Å². The Morgan fingerprint density at radius 3 is 2.50 bits per heavy atom. The average Bonchev–Trinajstić information content (AvgIpc) is 2.16. The summed E-state index contributed by atoms with van der Waals surface area (Å²) in [5.41, 5.74) is 0.625. The van der Waals surface area contributed by atoms with Gasteiger partial charge in [-0.2, -0.15) is 0 Å². The van der Waals surface area contributed by atoms with E-state index in [9.17, 15) is 18.5 Å². The minimum absolute atomic E-state index is 0.199. The predicted octanol–water partition coefficient (Wildman–Crippen LogP) is 1.01. The molecule has 0 unspecified atom stereocenters. The lowest BCUT2D eigenvalue weighted by molar-refractivity contribution is -0.412. The summed E-state index contributed by atoms with van der Waals surface area (Å²) < 4.78 is 22.8. The smallest absolute Gasteiger partial charge is 0.172 e. The fourth-order valence-electron chi connectivity index (χ4n) is 1.06. The van der Waals surface area contributed by atoms with Crippen molar-refractivity contribution < 1.29 is 13.5 Å². The van der Waals surface area contributed by atoms with E-state index in [1.165, 1.54) is 18.2 Å². The Labute approximate surface area is 92.9 Å². The zero-order valence-electron chi connectivity index (χ0n) is 8.69. The first-order valence-corrected chi connectivity index (χ1v) is 5.66. The maximum Gasteiger partial charge on any atom is 0.172 e. The molecule has 0 radical (unpaired) electrons. The number of nitrogens with zero attached hydrogens (tertiary/aromatic N) is 3. The molecule has 0 bridgehead atoms. The number of nitro groups is 1. The number of sulfonamides is 1. The van der Waals surface area contributed by atoms with E-state index in [1.54, 1.807) is 25.1 Å². The molecule has 0 heterocycles. The van der Waals surface area contributed by atoms with Gasteiger partial charge in [0.15, 0.2) is 10.0 Å². The molecule has 0 atom stereocenters. The maximum absolute atomic E-state index is 11.4. The number of hydrogen-bond donors (Lipinski definition) is 0. The van der Waals surface area contributed by atoms with Crippen LogP contribution in [0.5, 0.6) is 0 Å². The Bertz CT molecular complexity index is 498. The Kier molecular flexibility index (Phi) is 3.33. The molecule has 0 N–H and O–H groups in total. The average molecular weight is 244 g/mol. The van der Waals surface area contributed by atoms with Gasteiger partial charge in [0, 0.05) is 19.8 Å². The normalized spacial score (nSPS) is 10.9. The summed E-state index contributed by atoms with van der Waals surface area (Å²) in [4.78, 5) is 14.0. The number of hydrogen-bond acceptors (Lipinski definition) is 5. The van der Waals surface area contributed by atoms with Crippen molar-refractivity contribution in [2.24, 2.45) is 0 Å². The Morgan fingerprint density at radius 1 is 1.38 bits per heavy atom. The molecule has 7 nitrogen and oxygen atoms in total. The van der Waals surface area contributed by atoms with Crippen LogP contribution in [0, 0.1) is 10.1 Å². The minimum Gasteiger partial charge on any atom is -0.378 e. The van der Waals surface area contributed by atoms with Gasteiger partial charge in [0.1, 0.15) is 0 Å². The highest BCUT2D eigenvalue weighted by molar-refractivity contribution is 7.93. The topological polar surface area (TPSA) is 94.6 Å². The van der Waals surface area contributed by atoms with Crippen molar-refractivity contribution in [3.8, 4) is 0 Å². The molecule has 0 amide bonds. The number of anilines is 1. The van der Waals surface area contributed by atoms with Crippen LogP contribution in [-0.2, 0) is 10.0 Å². The van der Waals surface area contributed by atoms with Crippen molar-refractivity contribution in [3.63, 3.8) is 0 Å². The summed E-state index contributed by atoms with van der Waals surface area (Å²) in [6, 6.07) is 5.76. The third-order valence-electron chi connectivity index (χ3n) is 1.81. The second-order valence-corrected chi connectivity index (χ2v) is 4.77. The van der Waals surface area contributed by atoms with Gasteiger partial charge >= 0.3 is 0 Å². The van der Waals surface area contributed by atoms with E-state index in [0.717, 1.165) is 0 Å². The van der Waals surface area contributed by atoms with Crippen molar-refractivity contribution in [1.29, 1.82) is 0 Å². The summed E-state index contributed by atoms with van der Waals surface area (Å²) in [6.07, 6.45) is 0. The van der Waals surface area contributed by atoms with E-state index in [4.69, 9.17) is 0 Å². The van der Waals surface area contributed by atoms with Gasteiger partial charge < -0.3 is 4.90 Å². The largest absolute Gasteiger partial charge is 0.378 e. The molecule has 0 fully saturated rings. The van der Waals surface area contributed by atoms with Crippen LogP contribution >= 0.6 is 0 Å². The molecule has 0 aliphatic rings. The Balaban J connectivity index is 3.14. The molecule has 0 aromatic heterocycles. The first-order valence-electron chi connectivity index (χ1n) is 4.22. The Morgan fingerprint density at radius 2 is 2.00 bits per heavy atom. The van der Waals surface area contributed by atoms with E-state index in [0.29, 0.717) is 5.69 Å². The highest BCUT2D eigenvalue weighted by atomic mass is 32.2. The first-order chi connectivity index (χ1) is 7.33. The van der Waals surface area contributed by atoms with E-state index in [1.807, 2.05) is 0 Å². The van der Waals surface area contributed by atoms with Crippen LogP contribution in [0.4, 0.5) is 5.69 Å². The second-order valence-electron chi connectivity index (χ2n) is 3.19. The standard InChI is InChI=1S/C8H10N3O4S/c1-10(2)7-4-3-5-8(6-7)16(14,15)9-11(12)13/h3-6H,1-2H3/q-1. The number of benzene rings is 1. The van der Waals surface area contributed by atoms with Gasteiger partial charge in [-0.3, -0.25) is 14.9 Å². The first kappa shape index (κ1) is 12.2. The number of rotatable bonds is 4. The molecule has 1 aromatic carbocycles. The van der Waals surface area contributed by atoms with Crippen molar-refractivity contribution in [1.82, 2.24) is 0 Å². The van der Waals surface area contributed by atoms with Gasteiger partial charge in [0.05, 0.1) is 4.90 Å². The monoisotopic (exact) mass is 244 g/mol. The summed E-state index contributed by atoms with van der Waals surface area (Å²) >= 11 is 0.